The third-order valence-corrected chi connectivity index (χ3v) is 4.77. The molecule has 0 aliphatic heterocycles. The summed E-state index contributed by atoms with van der Waals surface area (Å²) < 4.78 is 1.61. The number of imide groups is 1. The van der Waals surface area contributed by atoms with Crippen LogP contribution in [0, 0.1) is 0 Å². The summed E-state index contributed by atoms with van der Waals surface area (Å²) in [7, 11) is 1.44. The van der Waals surface area contributed by atoms with Crippen molar-refractivity contribution < 1.29 is 9.59 Å². The molecule has 1 aromatic carbocycles. The van der Waals surface area contributed by atoms with Crippen LogP contribution in [-0.2, 0) is 11.3 Å². The van der Waals surface area contributed by atoms with Crippen molar-refractivity contribution in [3.8, 4) is 0 Å². The third-order valence-electron chi connectivity index (χ3n) is 3.68. The number of para-hydroxylation sites is 1. The van der Waals surface area contributed by atoms with Gasteiger partial charge in [-0.05, 0) is 25.5 Å². The van der Waals surface area contributed by atoms with Gasteiger partial charge in [-0.15, -0.1) is 0 Å². The van der Waals surface area contributed by atoms with Crippen LogP contribution < -0.4 is 16.2 Å². The number of nitrogens with zero attached hydrogens (tertiary/aromatic N) is 2. The Morgan fingerprint density at radius 2 is 2.04 bits per heavy atom. The van der Waals surface area contributed by atoms with Crippen molar-refractivity contribution in [2.45, 2.75) is 43.6 Å². The van der Waals surface area contributed by atoms with Crippen LogP contribution in [-0.4, -0.2) is 33.8 Å². The highest BCUT2D eigenvalue weighted by molar-refractivity contribution is 8.00. The summed E-state index contributed by atoms with van der Waals surface area (Å²) in [5.41, 5.74) is 0.488. The Hall–Kier alpha value is -2.35. The lowest BCUT2D eigenvalue weighted by Gasteiger charge is -2.15. The minimum atomic E-state index is -0.571. The standard InChI is InChI=1S/C17H22N4O3S/c1-4-5-10-21-15(23)12-8-6-7-9-13(12)19-17(21)25-11(2)14(22)20-16(24)18-3/h6-9,11H,4-5,10H2,1-3H3,(H2,18,20,22,24). The van der Waals surface area contributed by atoms with E-state index in [1.54, 1.807) is 23.6 Å². The van der Waals surface area contributed by atoms with Gasteiger partial charge in [-0.3, -0.25) is 19.5 Å². The van der Waals surface area contributed by atoms with Crippen LogP contribution in [0.3, 0.4) is 0 Å². The molecule has 0 radical (unpaired) electrons. The summed E-state index contributed by atoms with van der Waals surface area (Å²) in [4.78, 5) is 40.7. The fourth-order valence-corrected chi connectivity index (χ4v) is 3.17. The molecular weight excluding hydrogens is 340 g/mol. The maximum Gasteiger partial charge on any atom is 0.321 e. The van der Waals surface area contributed by atoms with Gasteiger partial charge in [0.1, 0.15) is 0 Å². The fourth-order valence-electron chi connectivity index (χ4n) is 2.24. The first kappa shape index (κ1) is 19.0. The average molecular weight is 362 g/mol. The second-order valence-corrected chi connectivity index (χ2v) is 6.86. The number of carbonyl (C=O) groups excluding carboxylic acids is 2. The van der Waals surface area contributed by atoms with Crippen LogP contribution in [0.15, 0.2) is 34.2 Å². The number of hydrogen-bond donors (Lipinski definition) is 2. The molecule has 0 saturated heterocycles. The van der Waals surface area contributed by atoms with E-state index in [-0.39, 0.29) is 5.56 Å². The molecule has 2 rings (SSSR count). The number of hydrogen-bond acceptors (Lipinski definition) is 5. The molecule has 2 aromatic rings. The highest BCUT2D eigenvalue weighted by atomic mass is 32.2. The summed E-state index contributed by atoms with van der Waals surface area (Å²) in [6.45, 7) is 4.26. The van der Waals surface area contributed by atoms with E-state index in [0.29, 0.717) is 22.6 Å². The molecule has 1 atom stereocenters. The second-order valence-electron chi connectivity index (χ2n) is 5.55. The number of nitrogens with one attached hydrogen (secondary N) is 2. The van der Waals surface area contributed by atoms with Crippen molar-refractivity contribution in [1.29, 1.82) is 0 Å². The maximum atomic E-state index is 12.8. The highest BCUT2D eigenvalue weighted by Gasteiger charge is 2.20. The normalized spacial score (nSPS) is 12.0. The monoisotopic (exact) mass is 362 g/mol. The molecule has 0 aliphatic rings. The quantitative estimate of drug-likeness (QED) is 0.607. The van der Waals surface area contributed by atoms with Crippen LogP contribution in [0.5, 0.6) is 0 Å². The molecular formula is C17H22N4O3S. The van der Waals surface area contributed by atoms with Crippen molar-refractivity contribution in [3.63, 3.8) is 0 Å². The van der Waals surface area contributed by atoms with Gasteiger partial charge in [0.05, 0.1) is 16.2 Å². The van der Waals surface area contributed by atoms with Crippen LogP contribution in [0.25, 0.3) is 10.9 Å². The summed E-state index contributed by atoms with van der Waals surface area (Å²) in [5.74, 6) is -0.436. The van der Waals surface area contributed by atoms with Crippen LogP contribution in [0.1, 0.15) is 26.7 Å². The SMILES string of the molecule is CCCCn1c(SC(C)C(=O)NC(=O)NC)nc2ccccc2c1=O. The van der Waals surface area contributed by atoms with Crippen molar-refractivity contribution in [3.05, 3.63) is 34.6 Å². The van der Waals surface area contributed by atoms with Gasteiger partial charge in [-0.2, -0.15) is 0 Å². The van der Waals surface area contributed by atoms with E-state index in [0.717, 1.165) is 12.8 Å². The van der Waals surface area contributed by atoms with Gasteiger partial charge in [-0.1, -0.05) is 37.2 Å². The van der Waals surface area contributed by atoms with Crippen molar-refractivity contribution in [2.75, 3.05) is 7.05 Å². The largest absolute Gasteiger partial charge is 0.341 e. The van der Waals surface area contributed by atoms with Gasteiger partial charge in [0.2, 0.25) is 5.91 Å². The third kappa shape index (κ3) is 4.60. The van der Waals surface area contributed by atoms with Crippen LogP contribution >= 0.6 is 11.8 Å². The number of amides is 3. The molecule has 1 aromatic heterocycles. The lowest BCUT2D eigenvalue weighted by atomic mass is 10.2. The van der Waals surface area contributed by atoms with E-state index < -0.39 is 17.2 Å². The van der Waals surface area contributed by atoms with Crippen molar-refractivity contribution in [2.24, 2.45) is 0 Å². The van der Waals surface area contributed by atoms with Gasteiger partial charge >= 0.3 is 6.03 Å². The lowest BCUT2D eigenvalue weighted by molar-refractivity contribution is -0.119. The minimum absolute atomic E-state index is 0.111. The molecule has 0 aliphatic carbocycles. The van der Waals surface area contributed by atoms with E-state index in [2.05, 4.69) is 15.6 Å². The van der Waals surface area contributed by atoms with E-state index in [1.165, 1.54) is 18.8 Å². The predicted molar refractivity (Wildman–Crippen MR) is 98.8 cm³/mol. The zero-order chi connectivity index (χ0) is 18.4. The first-order valence-electron chi connectivity index (χ1n) is 8.16. The fraction of sp³-hybridized carbons (Fsp3) is 0.412. The number of benzene rings is 1. The molecule has 1 heterocycles. The minimum Gasteiger partial charge on any atom is -0.341 e. The summed E-state index contributed by atoms with van der Waals surface area (Å²) in [6.07, 6.45) is 1.78. The van der Waals surface area contributed by atoms with Crippen molar-refractivity contribution in [1.82, 2.24) is 20.2 Å². The summed E-state index contributed by atoms with van der Waals surface area (Å²) in [5, 5.41) is 5.05. The topological polar surface area (TPSA) is 93.1 Å². The summed E-state index contributed by atoms with van der Waals surface area (Å²) in [6, 6.07) is 6.60. The molecule has 0 spiro atoms. The molecule has 134 valence electrons. The van der Waals surface area contributed by atoms with Crippen molar-refractivity contribution >= 4 is 34.6 Å². The molecule has 0 saturated carbocycles. The molecule has 25 heavy (non-hydrogen) atoms. The Bertz CT molecular complexity index is 834. The number of urea groups is 1. The zero-order valence-corrected chi connectivity index (χ0v) is 15.4. The van der Waals surface area contributed by atoms with Crippen LogP contribution in [0.4, 0.5) is 4.79 Å². The number of carbonyl (C=O) groups is 2. The number of aromatic nitrogens is 2. The number of rotatable bonds is 6. The van der Waals surface area contributed by atoms with E-state index >= 15 is 0 Å². The lowest BCUT2D eigenvalue weighted by Crippen LogP contribution is -2.41. The van der Waals surface area contributed by atoms with Gasteiger partial charge < -0.3 is 5.32 Å². The first-order valence-corrected chi connectivity index (χ1v) is 9.04. The Balaban J connectivity index is 2.36. The Morgan fingerprint density at radius 1 is 1.32 bits per heavy atom. The average Bonchev–Trinajstić information content (AvgIpc) is 2.61. The second kappa shape index (κ2) is 8.66. The van der Waals surface area contributed by atoms with Crippen LogP contribution in [0.2, 0.25) is 0 Å². The maximum absolute atomic E-state index is 12.8. The zero-order valence-electron chi connectivity index (χ0n) is 14.5. The highest BCUT2D eigenvalue weighted by Crippen LogP contribution is 2.23. The Labute approximate surface area is 150 Å². The molecule has 3 amide bonds. The molecule has 0 fully saturated rings. The van der Waals surface area contributed by atoms with Gasteiger partial charge in [-0.25, -0.2) is 9.78 Å². The molecule has 1 unspecified atom stereocenters. The molecule has 0 bridgehead atoms. The Kier molecular flexibility index (Phi) is 6.58. The first-order chi connectivity index (χ1) is 12.0. The van der Waals surface area contributed by atoms with Gasteiger partial charge in [0.15, 0.2) is 5.16 Å². The number of unbranched alkanes of at least 4 members (excludes halogenated alkanes) is 1. The summed E-state index contributed by atoms with van der Waals surface area (Å²) >= 11 is 1.17. The Morgan fingerprint density at radius 3 is 2.72 bits per heavy atom. The predicted octanol–water partition coefficient (Wildman–Crippen LogP) is 2.13. The molecule has 8 heteroatoms. The van der Waals surface area contributed by atoms with E-state index in [9.17, 15) is 14.4 Å². The molecule has 2 N–H and O–H groups in total. The number of fused-ring (bicyclic) bond motifs is 1. The molecule has 7 nitrogen and oxygen atoms in total. The van der Waals surface area contributed by atoms with E-state index in [4.69, 9.17) is 0 Å². The van der Waals surface area contributed by atoms with E-state index in [1.807, 2.05) is 19.1 Å². The van der Waals surface area contributed by atoms with Gasteiger partial charge in [0.25, 0.3) is 5.56 Å². The smallest absolute Gasteiger partial charge is 0.321 e. The van der Waals surface area contributed by atoms with Gasteiger partial charge in [0, 0.05) is 13.6 Å². The number of thioether (sulfide) groups is 1.